The van der Waals surface area contributed by atoms with Crippen LogP contribution >= 0.6 is 39.0 Å². The minimum atomic E-state index is 0.382. The number of halogens is 1. The van der Waals surface area contributed by atoms with Gasteiger partial charge in [-0.2, -0.15) is 11.8 Å². The Labute approximate surface area is 95.7 Å². The zero-order chi connectivity index (χ0) is 9.68. The first kappa shape index (κ1) is 11.5. The normalized spacial score (nSPS) is 13.2. The van der Waals surface area contributed by atoms with Crippen LogP contribution in [0.25, 0.3) is 0 Å². The zero-order valence-electron chi connectivity index (χ0n) is 7.79. The van der Waals surface area contributed by atoms with Crippen molar-refractivity contribution in [3.63, 3.8) is 0 Å². The zero-order valence-corrected chi connectivity index (χ0v) is 11.0. The van der Waals surface area contributed by atoms with Crippen LogP contribution in [0.15, 0.2) is 0 Å². The lowest BCUT2D eigenvalue weighted by molar-refractivity contribution is 0.860. The molecule has 0 N–H and O–H groups in total. The second-order valence-corrected chi connectivity index (χ2v) is 5.84. The third-order valence-corrected chi connectivity index (χ3v) is 4.72. The summed E-state index contributed by atoms with van der Waals surface area (Å²) in [4.78, 5) is 0.382. The van der Waals surface area contributed by atoms with E-state index in [9.17, 15) is 0 Å². The lowest BCUT2D eigenvalue weighted by atomic mass is 10.4. The third-order valence-electron chi connectivity index (χ3n) is 1.63. The van der Waals surface area contributed by atoms with Crippen LogP contribution in [0.3, 0.4) is 0 Å². The minimum Gasteiger partial charge on any atom is -0.165 e. The lowest BCUT2D eigenvalue weighted by Crippen LogP contribution is -1.86. The quantitative estimate of drug-likeness (QED) is 0.774. The Hall–Kier alpha value is 0.390. The molecule has 0 fully saturated rings. The van der Waals surface area contributed by atoms with Gasteiger partial charge in [-0.25, -0.2) is 0 Å². The highest BCUT2D eigenvalue weighted by molar-refractivity contribution is 9.09. The summed E-state index contributed by atoms with van der Waals surface area (Å²) in [5.74, 6) is 1.13. The van der Waals surface area contributed by atoms with Crippen LogP contribution in [0.1, 0.15) is 28.2 Å². The number of aromatic nitrogens is 2. The van der Waals surface area contributed by atoms with Gasteiger partial charge in [0.05, 0.1) is 4.83 Å². The molecule has 2 nitrogen and oxygen atoms in total. The average Bonchev–Trinajstić information content (AvgIpc) is 2.62. The monoisotopic (exact) mass is 280 g/mol. The molecule has 0 saturated carbocycles. The summed E-state index contributed by atoms with van der Waals surface area (Å²) >= 11 is 7.14. The number of rotatable bonds is 5. The largest absolute Gasteiger partial charge is 0.165 e. The van der Waals surface area contributed by atoms with Gasteiger partial charge in [-0.1, -0.05) is 22.9 Å². The van der Waals surface area contributed by atoms with Crippen molar-refractivity contribution in [2.45, 2.75) is 24.6 Å². The number of nitrogens with zero attached hydrogens (tertiary/aromatic N) is 2. The first-order valence-corrected chi connectivity index (χ1v) is 7.35. The molecule has 0 saturated heterocycles. The van der Waals surface area contributed by atoms with E-state index in [0.29, 0.717) is 4.83 Å². The SMILES string of the molecule is CCC(Br)c1nnc(CCSC)s1. The highest BCUT2D eigenvalue weighted by Gasteiger charge is 2.10. The molecule has 13 heavy (non-hydrogen) atoms. The van der Waals surface area contributed by atoms with Gasteiger partial charge in [0.15, 0.2) is 0 Å². The Bertz CT molecular complexity index is 252. The molecule has 0 aliphatic rings. The molecule has 1 rings (SSSR count). The molecule has 1 heterocycles. The van der Waals surface area contributed by atoms with Crippen molar-refractivity contribution in [3.05, 3.63) is 10.0 Å². The molecule has 1 aromatic heterocycles. The Morgan fingerprint density at radius 2 is 2.31 bits per heavy atom. The predicted molar refractivity (Wildman–Crippen MR) is 64.0 cm³/mol. The molecule has 74 valence electrons. The molecule has 0 bridgehead atoms. The fourth-order valence-corrected chi connectivity index (χ4v) is 2.66. The fraction of sp³-hybridized carbons (Fsp3) is 0.750. The van der Waals surface area contributed by atoms with Crippen molar-refractivity contribution in [1.82, 2.24) is 10.2 Å². The third kappa shape index (κ3) is 3.56. The molecular formula is C8H13BrN2S2. The average molecular weight is 281 g/mol. The van der Waals surface area contributed by atoms with E-state index >= 15 is 0 Å². The molecule has 0 aliphatic heterocycles. The molecule has 0 aromatic carbocycles. The van der Waals surface area contributed by atoms with Crippen molar-refractivity contribution in [1.29, 1.82) is 0 Å². The molecule has 0 radical (unpaired) electrons. The summed E-state index contributed by atoms with van der Waals surface area (Å²) in [5.41, 5.74) is 0. The number of alkyl halides is 1. The summed E-state index contributed by atoms with van der Waals surface area (Å²) in [5, 5.41) is 10.6. The number of aryl methyl sites for hydroxylation is 1. The number of hydrogen-bond donors (Lipinski definition) is 0. The van der Waals surface area contributed by atoms with Gasteiger partial charge in [-0.15, -0.1) is 21.5 Å². The first-order chi connectivity index (χ1) is 6.27. The summed E-state index contributed by atoms with van der Waals surface area (Å²) in [6.07, 6.45) is 4.22. The Morgan fingerprint density at radius 1 is 1.54 bits per heavy atom. The molecule has 0 amide bonds. The molecule has 5 heteroatoms. The maximum absolute atomic E-state index is 4.15. The summed E-state index contributed by atoms with van der Waals surface area (Å²) in [7, 11) is 0. The van der Waals surface area contributed by atoms with Crippen molar-refractivity contribution in [2.75, 3.05) is 12.0 Å². The van der Waals surface area contributed by atoms with E-state index in [4.69, 9.17) is 0 Å². The van der Waals surface area contributed by atoms with E-state index in [0.717, 1.165) is 28.6 Å². The smallest absolute Gasteiger partial charge is 0.131 e. The van der Waals surface area contributed by atoms with E-state index in [2.05, 4.69) is 39.3 Å². The van der Waals surface area contributed by atoms with E-state index in [1.165, 1.54) is 0 Å². The summed E-state index contributed by atoms with van der Waals surface area (Å²) in [6, 6.07) is 0. The van der Waals surface area contributed by atoms with Gasteiger partial charge in [0, 0.05) is 6.42 Å². The van der Waals surface area contributed by atoms with Crippen molar-refractivity contribution in [2.24, 2.45) is 0 Å². The van der Waals surface area contributed by atoms with Crippen LogP contribution in [0.2, 0.25) is 0 Å². The van der Waals surface area contributed by atoms with Crippen LogP contribution in [-0.4, -0.2) is 22.2 Å². The second-order valence-electron chi connectivity index (χ2n) is 2.65. The maximum Gasteiger partial charge on any atom is 0.131 e. The lowest BCUT2D eigenvalue weighted by Gasteiger charge is -1.97. The van der Waals surface area contributed by atoms with Gasteiger partial charge in [-0.3, -0.25) is 0 Å². The Morgan fingerprint density at radius 3 is 2.92 bits per heavy atom. The predicted octanol–water partition coefficient (Wildman–Crippen LogP) is 3.29. The van der Waals surface area contributed by atoms with Gasteiger partial charge < -0.3 is 0 Å². The highest BCUT2D eigenvalue weighted by atomic mass is 79.9. The van der Waals surface area contributed by atoms with E-state index in [-0.39, 0.29) is 0 Å². The van der Waals surface area contributed by atoms with Crippen LogP contribution in [0, 0.1) is 0 Å². The topological polar surface area (TPSA) is 25.8 Å². The molecular weight excluding hydrogens is 268 g/mol. The van der Waals surface area contributed by atoms with Crippen LogP contribution < -0.4 is 0 Å². The fourth-order valence-electron chi connectivity index (χ4n) is 0.858. The molecule has 0 spiro atoms. The highest BCUT2D eigenvalue weighted by Crippen LogP contribution is 2.28. The summed E-state index contributed by atoms with van der Waals surface area (Å²) < 4.78 is 0. The second kappa shape index (κ2) is 5.98. The first-order valence-electron chi connectivity index (χ1n) is 4.23. The van der Waals surface area contributed by atoms with Gasteiger partial charge in [0.2, 0.25) is 0 Å². The molecule has 1 aromatic rings. The standard InChI is InChI=1S/C8H13BrN2S2/c1-3-6(9)8-11-10-7(13-8)4-5-12-2/h6H,3-5H2,1-2H3. The number of thioether (sulfide) groups is 1. The maximum atomic E-state index is 4.15. The van der Waals surface area contributed by atoms with Gasteiger partial charge in [0.25, 0.3) is 0 Å². The van der Waals surface area contributed by atoms with Gasteiger partial charge in [-0.05, 0) is 18.4 Å². The van der Waals surface area contributed by atoms with Crippen LogP contribution in [-0.2, 0) is 6.42 Å². The molecule has 1 unspecified atom stereocenters. The van der Waals surface area contributed by atoms with E-state index < -0.39 is 0 Å². The van der Waals surface area contributed by atoms with E-state index in [1.54, 1.807) is 11.3 Å². The van der Waals surface area contributed by atoms with Gasteiger partial charge in [0.1, 0.15) is 10.0 Å². The number of hydrogen-bond acceptors (Lipinski definition) is 4. The van der Waals surface area contributed by atoms with Crippen molar-refractivity contribution >= 4 is 39.0 Å². The molecule has 1 atom stereocenters. The Balaban J connectivity index is 2.53. The van der Waals surface area contributed by atoms with Crippen LogP contribution in [0.4, 0.5) is 0 Å². The minimum absolute atomic E-state index is 0.382. The van der Waals surface area contributed by atoms with E-state index in [1.807, 2.05) is 11.8 Å². The van der Waals surface area contributed by atoms with Crippen molar-refractivity contribution in [3.8, 4) is 0 Å². The van der Waals surface area contributed by atoms with Gasteiger partial charge >= 0.3 is 0 Å². The Kier molecular flexibility index (Phi) is 5.28. The van der Waals surface area contributed by atoms with Crippen LogP contribution in [0.5, 0.6) is 0 Å². The molecule has 0 aliphatic carbocycles. The van der Waals surface area contributed by atoms with Crippen molar-refractivity contribution < 1.29 is 0 Å². The summed E-state index contributed by atoms with van der Waals surface area (Å²) in [6.45, 7) is 2.14.